The van der Waals surface area contributed by atoms with Gasteiger partial charge in [0.15, 0.2) is 11.4 Å². The number of rotatable bonds is 8. The summed E-state index contributed by atoms with van der Waals surface area (Å²) >= 11 is 0. The van der Waals surface area contributed by atoms with Crippen molar-refractivity contribution in [2.75, 3.05) is 13.2 Å². The van der Waals surface area contributed by atoms with Crippen LogP contribution in [0.4, 0.5) is 0 Å². The highest BCUT2D eigenvalue weighted by Gasteiger charge is 2.17. The molecule has 0 aliphatic heterocycles. The quantitative estimate of drug-likeness (QED) is 0.599. The molecule has 1 aromatic carbocycles. The van der Waals surface area contributed by atoms with Crippen molar-refractivity contribution in [3.63, 3.8) is 0 Å². The second-order valence-electron chi connectivity index (χ2n) is 6.47. The van der Waals surface area contributed by atoms with Gasteiger partial charge in [0.1, 0.15) is 0 Å². The first-order chi connectivity index (χ1) is 12.9. The zero-order valence-electron chi connectivity index (χ0n) is 15.5. The van der Waals surface area contributed by atoms with E-state index in [4.69, 9.17) is 13.7 Å². The fourth-order valence-electron chi connectivity index (χ4n) is 2.54. The van der Waals surface area contributed by atoms with Crippen molar-refractivity contribution in [3.8, 4) is 0 Å². The minimum absolute atomic E-state index is 0.0499. The molecule has 3 rings (SSSR count). The SMILES string of the molecule is Cc1ccc2oc(=O)n(Cc3noc(C(=O)NCCCOC(C)C)n3)c2c1. The molecule has 3 aromatic rings. The van der Waals surface area contributed by atoms with E-state index in [1.54, 1.807) is 6.07 Å². The molecule has 9 nitrogen and oxygen atoms in total. The van der Waals surface area contributed by atoms with Gasteiger partial charge in [-0.1, -0.05) is 11.2 Å². The minimum Gasteiger partial charge on any atom is -0.408 e. The van der Waals surface area contributed by atoms with E-state index in [-0.39, 0.29) is 24.4 Å². The summed E-state index contributed by atoms with van der Waals surface area (Å²) in [6.07, 6.45) is 0.839. The summed E-state index contributed by atoms with van der Waals surface area (Å²) in [6, 6.07) is 5.44. The van der Waals surface area contributed by atoms with E-state index in [9.17, 15) is 9.59 Å². The average Bonchev–Trinajstić information content (AvgIpc) is 3.20. The number of benzene rings is 1. The van der Waals surface area contributed by atoms with Crippen molar-refractivity contribution in [1.82, 2.24) is 20.0 Å². The fourth-order valence-corrected chi connectivity index (χ4v) is 2.54. The van der Waals surface area contributed by atoms with Crippen LogP contribution in [0.15, 0.2) is 31.9 Å². The number of carbonyl (C=O) groups is 1. The number of oxazole rings is 1. The summed E-state index contributed by atoms with van der Waals surface area (Å²) < 4.78 is 17.0. The fraction of sp³-hybridized carbons (Fsp3) is 0.444. The van der Waals surface area contributed by atoms with Gasteiger partial charge >= 0.3 is 17.6 Å². The Hall–Kier alpha value is -2.94. The first-order valence-electron chi connectivity index (χ1n) is 8.76. The molecule has 0 saturated carbocycles. The molecule has 9 heteroatoms. The lowest BCUT2D eigenvalue weighted by Crippen LogP contribution is -2.26. The second kappa shape index (κ2) is 8.17. The number of hydrogen-bond acceptors (Lipinski definition) is 7. The van der Waals surface area contributed by atoms with Crippen LogP contribution in [-0.4, -0.2) is 39.9 Å². The molecule has 1 N–H and O–H groups in total. The Labute approximate surface area is 155 Å². The third kappa shape index (κ3) is 4.62. The number of nitrogens with one attached hydrogen (secondary N) is 1. The lowest BCUT2D eigenvalue weighted by atomic mass is 10.2. The van der Waals surface area contributed by atoms with Crippen molar-refractivity contribution in [2.24, 2.45) is 0 Å². The molecule has 144 valence electrons. The van der Waals surface area contributed by atoms with Gasteiger partial charge in [0.05, 0.1) is 18.2 Å². The Morgan fingerprint density at radius 1 is 1.37 bits per heavy atom. The number of fused-ring (bicyclic) bond motifs is 1. The van der Waals surface area contributed by atoms with Crippen molar-refractivity contribution in [1.29, 1.82) is 0 Å². The Bertz CT molecular complexity index is 985. The number of aryl methyl sites for hydroxylation is 1. The van der Waals surface area contributed by atoms with Gasteiger partial charge in [-0.15, -0.1) is 0 Å². The van der Waals surface area contributed by atoms with Crippen molar-refractivity contribution in [2.45, 2.75) is 39.8 Å². The molecule has 0 saturated heterocycles. The molecule has 0 aliphatic carbocycles. The molecular formula is C18H22N4O5. The van der Waals surface area contributed by atoms with Gasteiger partial charge in [-0.2, -0.15) is 4.98 Å². The van der Waals surface area contributed by atoms with E-state index in [0.29, 0.717) is 30.7 Å². The maximum atomic E-state index is 12.1. The number of amides is 1. The summed E-state index contributed by atoms with van der Waals surface area (Å²) in [5, 5.41) is 6.47. The standard InChI is InChI=1S/C18H22N4O5/c1-11(2)25-8-4-7-19-16(23)17-20-15(21-27-17)10-22-13-9-12(3)5-6-14(13)26-18(22)24/h5-6,9,11H,4,7-8,10H2,1-3H3,(H,19,23). The average molecular weight is 374 g/mol. The highest BCUT2D eigenvalue weighted by Crippen LogP contribution is 2.15. The maximum Gasteiger partial charge on any atom is 0.420 e. The molecule has 0 radical (unpaired) electrons. The second-order valence-corrected chi connectivity index (χ2v) is 6.47. The van der Waals surface area contributed by atoms with Crippen LogP contribution in [0.5, 0.6) is 0 Å². The highest BCUT2D eigenvalue weighted by molar-refractivity contribution is 5.89. The molecule has 2 aromatic heterocycles. The summed E-state index contributed by atoms with van der Waals surface area (Å²) in [5.41, 5.74) is 2.11. The Kier molecular flexibility index (Phi) is 5.70. The van der Waals surface area contributed by atoms with Crippen LogP contribution in [0.25, 0.3) is 11.1 Å². The summed E-state index contributed by atoms with van der Waals surface area (Å²) in [6.45, 7) is 6.87. The molecule has 0 fully saturated rings. The van der Waals surface area contributed by atoms with Gasteiger partial charge in [0, 0.05) is 13.2 Å². The number of ether oxygens (including phenoxy) is 1. The summed E-state index contributed by atoms with van der Waals surface area (Å²) in [7, 11) is 0. The van der Waals surface area contributed by atoms with E-state index in [0.717, 1.165) is 5.56 Å². The van der Waals surface area contributed by atoms with Gasteiger partial charge < -0.3 is 19.0 Å². The van der Waals surface area contributed by atoms with Crippen LogP contribution in [0.3, 0.4) is 0 Å². The van der Waals surface area contributed by atoms with E-state index in [1.807, 2.05) is 32.9 Å². The van der Waals surface area contributed by atoms with Crippen LogP contribution in [0.1, 0.15) is 42.3 Å². The highest BCUT2D eigenvalue weighted by atomic mass is 16.5. The molecule has 0 spiro atoms. The molecule has 0 bridgehead atoms. The van der Waals surface area contributed by atoms with Crippen LogP contribution >= 0.6 is 0 Å². The van der Waals surface area contributed by atoms with Crippen LogP contribution in [0, 0.1) is 6.92 Å². The molecular weight excluding hydrogens is 352 g/mol. The van der Waals surface area contributed by atoms with E-state index >= 15 is 0 Å². The van der Waals surface area contributed by atoms with Gasteiger partial charge in [-0.25, -0.2) is 4.79 Å². The molecule has 0 atom stereocenters. The first-order valence-corrected chi connectivity index (χ1v) is 8.76. The normalized spacial score (nSPS) is 11.4. The maximum absolute atomic E-state index is 12.1. The van der Waals surface area contributed by atoms with Crippen LogP contribution in [-0.2, 0) is 11.3 Å². The molecule has 2 heterocycles. The number of aromatic nitrogens is 3. The topological polar surface area (TPSA) is 112 Å². The third-order valence-electron chi connectivity index (χ3n) is 3.84. The van der Waals surface area contributed by atoms with Crippen molar-refractivity contribution >= 4 is 17.0 Å². The number of hydrogen-bond donors (Lipinski definition) is 1. The number of nitrogens with zero attached hydrogens (tertiary/aromatic N) is 3. The summed E-state index contributed by atoms with van der Waals surface area (Å²) in [4.78, 5) is 28.2. The molecule has 27 heavy (non-hydrogen) atoms. The number of carbonyl (C=O) groups excluding carboxylic acids is 1. The van der Waals surface area contributed by atoms with Gasteiger partial charge in [0.2, 0.25) is 0 Å². The van der Waals surface area contributed by atoms with Gasteiger partial charge in [-0.05, 0) is 44.9 Å². The minimum atomic E-state index is -0.517. The van der Waals surface area contributed by atoms with Gasteiger partial charge in [-0.3, -0.25) is 9.36 Å². The van der Waals surface area contributed by atoms with Crippen LogP contribution < -0.4 is 11.1 Å². The lowest BCUT2D eigenvalue weighted by Gasteiger charge is -2.06. The third-order valence-corrected chi connectivity index (χ3v) is 3.84. The van der Waals surface area contributed by atoms with Gasteiger partial charge in [0.25, 0.3) is 0 Å². The molecule has 0 unspecified atom stereocenters. The monoisotopic (exact) mass is 374 g/mol. The predicted molar refractivity (Wildman–Crippen MR) is 96.6 cm³/mol. The Balaban J connectivity index is 1.63. The predicted octanol–water partition coefficient (Wildman–Crippen LogP) is 1.88. The molecule has 0 aliphatic rings. The molecule has 1 amide bonds. The van der Waals surface area contributed by atoms with Crippen LogP contribution in [0.2, 0.25) is 0 Å². The summed E-state index contributed by atoms with van der Waals surface area (Å²) in [5.74, 6) is -0.906. The Morgan fingerprint density at radius 2 is 2.19 bits per heavy atom. The first kappa shape index (κ1) is 18.8. The zero-order valence-corrected chi connectivity index (χ0v) is 15.5. The van der Waals surface area contributed by atoms with E-state index < -0.39 is 11.7 Å². The van der Waals surface area contributed by atoms with Crippen molar-refractivity contribution < 1.29 is 18.5 Å². The van der Waals surface area contributed by atoms with Crippen molar-refractivity contribution in [3.05, 3.63) is 46.0 Å². The zero-order chi connectivity index (χ0) is 19.4. The lowest BCUT2D eigenvalue weighted by molar-refractivity contribution is 0.0751. The largest absolute Gasteiger partial charge is 0.420 e. The smallest absolute Gasteiger partial charge is 0.408 e. The van der Waals surface area contributed by atoms with E-state index in [1.165, 1.54) is 4.57 Å². The van der Waals surface area contributed by atoms with E-state index in [2.05, 4.69) is 15.5 Å². The Morgan fingerprint density at radius 3 is 2.96 bits per heavy atom.